The summed E-state index contributed by atoms with van der Waals surface area (Å²) in [4.78, 5) is 0. The topological polar surface area (TPSA) is 29.9 Å². The van der Waals surface area contributed by atoms with Crippen molar-refractivity contribution in [2.24, 2.45) is 7.05 Å². The molecule has 0 saturated carbocycles. The molecule has 1 heterocycles. The molecule has 96 valence electrons. The van der Waals surface area contributed by atoms with Gasteiger partial charge in [0.25, 0.3) is 0 Å². The van der Waals surface area contributed by atoms with E-state index in [0.717, 1.165) is 29.4 Å². The van der Waals surface area contributed by atoms with Gasteiger partial charge in [0.05, 0.1) is 16.4 Å². The molecular weight excluding hydrogens is 361 g/mol. The van der Waals surface area contributed by atoms with Gasteiger partial charge in [-0.05, 0) is 47.2 Å². The van der Waals surface area contributed by atoms with Crippen molar-refractivity contribution in [1.29, 1.82) is 0 Å². The Balaban J connectivity index is 2.13. The van der Waals surface area contributed by atoms with Gasteiger partial charge < -0.3 is 5.32 Å². The number of hydrogen-bond acceptors (Lipinski definition) is 2. The molecule has 0 aliphatic rings. The minimum absolute atomic E-state index is 0.747. The molecule has 3 nitrogen and oxygen atoms in total. The summed E-state index contributed by atoms with van der Waals surface area (Å²) in [7, 11) is 1.95. The van der Waals surface area contributed by atoms with Crippen LogP contribution in [0.25, 0.3) is 0 Å². The molecule has 0 amide bonds. The van der Waals surface area contributed by atoms with Crippen molar-refractivity contribution < 1.29 is 0 Å². The SMILES string of the molecule is CCc1nn(C)cc1CNc1cc(I)ccc1Cl. The Labute approximate surface area is 126 Å². The Hall–Kier alpha value is -0.750. The first-order valence-corrected chi connectivity index (χ1v) is 7.26. The maximum absolute atomic E-state index is 6.15. The number of benzene rings is 1. The summed E-state index contributed by atoms with van der Waals surface area (Å²) in [5, 5.41) is 8.54. The van der Waals surface area contributed by atoms with Crippen molar-refractivity contribution in [3.05, 3.63) is 44.2 Å². The molecule has 0 aliphatic heterocycles. The van der Waals surface area contributed by atoms with Crippen molar-refractivity contribution in [3.8, 4) is 0 Å². The van der Waals surface area contributed by atoms with Gasteiger partial charge in [0.15, 0.2) is 0 Å². The van der Waals surface area contributed by atoms with Gasteiger partial charge >= 0.3 is 0 Å². The maximum atomic E-state index is 6.15. The average molecular weight is 376 g/mol. The Morgan fingerprint density at radius 1 is 1.44 bits per heavy atom. The van der Waals surface area contributed by atoms with Gasteiger partial charge in [-0.2, -0.15) is 5.10 Å². The highest BCUT2D eigenvalue weighted by Crippen LogP contribution is 2.24. The number of aryl methyl sites for hydroxylation is 2. The highest BCUT2D eigenvalue weighted by molar-refractivity contribution is 14.1. The van der Waals surface area contributed by atoms with E-state index in [1.807, 2.05) is 36.1 Å². The van der Waals surface area contributed by atoms with Gasteiger partial charge in [-0.3, -0.25) is 4.68 Å². The molecule has 1 aromatic carbocycles. The van der Waals surface area contributed by atoms with Gasteiger partial charge in [0.1, 0.15) is 0 Å². The number of nitrogens with one attached hydrogen (secondary N) is 1. The van der Waals surface area contributed by atoms with Gasteiger partial charge in [-0.1, -0.05) is 18.5 Å². The number of halogens is 2. The second kappa shape index (κ2) is 5.93. The quantitative estimate of drug-likeness (QED) is 0.823. The summed E-state index contributed by atoms with van der Waals surface area (Å²) in [5.74, 6) is 0. The molecule has 2 aromatic rings. The summed E-state index contributed by atoms with van der Waals surface area (Å²) in [6, 6.07) is 5.95. The van der Waals surface area contributed by atoms with E-state index in [2.05, 4.69) is 39.9 Å². The zero-order chi connectivity index (χ0) is 13.1. The second-order valence-corrected chi connectivity index (χ2v) is 5.76. The fourth-order valence-electron chi connectivity index (χ4n) is 1.85. The van der Waals surface area contributed by atoms with Crippen LogP contribution in [0.1, 0.15) is 18.2 Å². The molecule has 0 radical (unpaired) electrons. The fourth-order valence-corrected chi connectivity index (χ4v) is 2.53. The third-order valence-electron chi connectivity index (χ3n) is 2.72. The van der Waals surface area contributed by atoms with E-state index in [4.69, 9.17) is 11.6 Å². The van der Waals surface area contributed by atoms with E-state index in [1.165, 1.54) is 9.13 Å². The first-order chi connectivity index (χ1) is 8.60. The normalized spacial score (nSPS) is 10.7. The molecule has 0 fully saturated rings. The lowest BCUT2D eigenvalue weighted by Gasteiger charge is -2.08. The van der Waals surface area contributed by atoms with Crippen LogP contribution in [0.15, 0.2) is 24.4 Å². The lowest BCUT2D eigenvalue weighted by Crippen LogP contribution is -2.01. The number of nitrogens with zero attached hydrogens (tertiary/aromatic N) is 2. The van der Waals surface area contributed by atoms with E-state index < -0.39 is 0 Å². The monoisotopic (exact) mass is 375 g/mol. The Morgan fingerprint density at radius 3 is 2.94 bits per heavy atom. The first-order valence-electron chi connectivity index (χ1n) is 5.80. The smallest absolute Gasteiger partial charge is 0.0671 e. The molecule has 1 N–H and O–H groups in total. The van der Waals surface area contributed by atoms with E-state index >= 15 is 0 Å². The minimum Gasteiger partial charge on any atom is -0.380 e. The zero-order valence-electron chi connectivity index (χ0n) is 10.4. The number of hydrogen-bond donors (Lipinski definition) is 1. The van der Waals surface area contributed by atoms with Gasteiger partial charge in [0, 0.05) is 28.9 Å². The summed E-state index contributed by atoms with van der Waals surface area (Å²) >= 11 is 8.43. The molecule has 0 saturated heterocycles. The van der Waals surface area contributed by atoms with Crippen molar-refractivity contribution in [3.63, 3.8) is 0 Å². The summed E-state index contributed by atoms with van der Waals surface area (Å²) in [5.41, 5.74) is 3.32. The van der Waals surface area contributed by atoms with Crippen LogP contribution in [0.4, 0.5) is 5.69 Å². The highest BCUT2D eigenvalue weighted by Gasteiger charge is 2.07. The maximum Gasteiger partial charge on any atom is 0.0671 e. The molecule has 2 rings (SSSR count). The molecule has 1 aromatic heterocycles. The molecule has 0 bridgehead atoms. The standard InChI is InChI=1S/C13H15ClIN3/c1-3-12-9(8-18(2)17-12)7-16-13-6-10(15)4-5-11(13)14/h4-6,8,16H,3,7H2,1-2H3. The van der Waals surface area contributed by atoms with Crippen LogP contribution in [0.3, 0.4) is 0 Å². The largest absolute Gasteiger partial charge is 0.380 e. The molecule has 0 spiro atoms. The van der Waals surface area contributed by atoms with Gasteiger partial charge in [-0.15, -0.1) is 0 Å². The molecule has 5 heteroatoms. The van der Waals surface area contributed by atoms with Crippen molar-refractivity contribution in [1.82, 2.24) is 9.78 Å². The average Bonchev–Trinajstić information content (AvgIpc) is 2.71. The molecule has 18 heavy (non-hydrogen) atoms. The van der Waals surface area contributed by atoms with Crippen molar-refractivity contribution in [2.45, 2.75) is 19.9 Å². The van der Waals surface area contributed by atoms with E-state index in [-0.39, 0.29) is 0 Å². The third kappa shape index (κ3) is 3.17. The van der Waals surface area contributed by atoms with Crippen LogP contribution < -0.4 is 5.32 Å². The van der Waals surface area contributed by atoms with Crippen LogP contribution in [0, 0.1) is 3.57 Å². The summed E-state index contributed by atoms with van der Waals surface area (Å²) in [6.45, 7) is 2.86. The third-order valence-corrected chi connectivity index (χ3v) is 3.72. The van der Waals surface area contributed by atoms with Crippen LogP contribution >= 0.6 is 34.2 Å². The van der Waals surface area contributed by atoms with E-state index in [1.54, 1.807) is 0 Å². The molecular formula is C13H15ClIN3. The fraction of sp³-hybridized carbons (Fsp3) is 0.308. The zero-order valence-corrected chi connectivity index (χ0v) is 13.3. The highest BCUT2D eigenvalue weighted by atomic mass is 127. The summed E-state index contributed by atoms with van der Waals surface area (Å²) < 4.78 is 3.02. The number of anilines is 1. The first kappa shape index (κ1) is 13.7. The predicted molar refractivity (Wildman–Crippen MR) is 84.1 cm³/mol. The lowest BCUT2D eigenvalue weighted by molar-refractivity contribution is 0.746. The van der Waals surface area contributed by atoms with Crippen molar-refractivity contribution in [2.75, 3.05) is 5.32 Å². The lowest BCUT2D eigenvalue weighted by atomic mass is 10.2. The number of aromatic nitrogens is 2. The molecule has 0 atom stereocenters. The van der Waals surface area contributed by atoms with Crippen LogP contribution in [0.2, 0.25) is 5.02 Å². The van der Waals surface area contributed by atoms with Gasteiger partial charge in [-0.25, -0.2) is 0 Å². The number of rotatable bonds is 4. The molecule has 0 unspecified atom stereocenters. The Morgan fingerprint density at radius 2 is 2.22 bits per heavy atom. The van der Waals surface area contributed by atoms with Crippen LogP contribution in [0.5, 0.6) is 0 Å². The minimum atomic E-state index is 0.747. The van der Waals surface area contributed by atoms with Crippen LogP contribution in [-0.2, 0) is 20.0 Å². The van der Waals surface area contributed by atoms with E-state index in [0.29, 0.717) is 0 Å². The predicted octanol–water partition coefficient (Wildman–Crippen LogP) is 3.85. The van der Waals surface area contributed by atoms with E-state index in [9.17, 15) is 0 Å². The van der Waals surface area contributed by atoms with Crippen molar-refractivity contribution >= 4 is 39.9 Å². The Bertz CT molecular complexity index is 551. The second-order valence-electron chi connectivity index (χ2n) is 4.11. The van der Waals surface area contributed by atoms with Gasteiger partial charge in [0.2, 0.25) is 0 Å². The molecule has 0 aliphatic carbocycles. The Kier molecular flexibility index (Phi) is 4.50. The van der Waals surface area contributed by atoms with Crippen LogP contribution in [-0.4, -0.2) is 9.78 Å². The summed E-state index contributed by atoms with van der Waals surface area (Å²) in [6.07, 6.45) is 2.99.